The van der Waals surface area contributed by atoms with Gasteiger partial charge in [0.05, 0.1) is 5.02 Å². The van der Waals surface area contributed by atoms with Gasteiger partial charge in [0.25, 0.3) is 11.5 Å². The van der Waals surface area contributed by atoms with Crippen molar-refractivity contribution >= 4 is 34.9 Å². The Morgan fingerprint density at radius 1 is 1.04 bits per heavy atom. The molecule has 1 aliphatic rings. The van der Waals surface area contributed by atoms with Crippen molar-refractivity contribution in [1.82, 2.24) is 9.47 Å². The molecule has 0 N–H and O–H groups in total. The Kier molecular flexibility index (Phi) is 5.25. The highest BCUT2D eigenvalue weighted by molar-refractivity contribution is 6.36. The third kappa shape index (κ3) is 3.62. The molecule has 1 unspecified atom stereocenters. The number of nitrogens with zero attached hydrogens (tertiary/aromatic N) is 2. The van der Waals surface area contributed by atoms with Gasteiger partial charge in [0.1, 0.15) is 0 Å². The summed E-state index contributed by atoms with van der Waals surface area (Å²) in [5.74, 6) is -0.940. The fraction of sp³-hybridized carbons (Fsp3) is 0.278. The molecule has 130 valence electrons. The molecule has 1 atom stereocenters. The van der Waals surface area contributed by atoms with Gasteiger partial charge in [-0.05, 0) is 37.1 Å². The molecule has 0 bridgehead atoms. The van der Waals surface area contributed by atoms with Crippen LogP contribution in [0.15, 0.2) is 47.4 Å². The van der Waals surface area contributed by atoms with Crippen molar-refractivity contribution < 1.29 is 9.59 Å². The quantitative estimate of drug-likeness (QED) is 0.606. The van der Waals surface area contributed by atoms with E-state index in [9.17, 15) is 14.4 Å². The molecular weight excluding hydrogens is 363 g/mol. The van der Waals surface area contributed by atoms with E-state index in [2.05, 4.69) is 0 Å². The zero-order valence-corrected chi connectivity index (χ0v) is 14.8. The van der Waals surface area contributed by atoms with Crippen molar-refractivity contribution in [3.63, 3.8) is 0 Å². The Balaban J connectivity index is 2.09. The predicted molar refractivity (Wildman–Crippen MR) is 96.3 cm³/mol. The molecule has 7 heteroatoms. The van der Waals surface area contributed by atoms with E-state index in [1.165, 1.54) is 24.4 Å². The van der Waals surface area contributed by atoms with E-state index in [1.807, 2.05) is 0 Å². The lowest BCUT2D eigenvalue weighted by atomic mass is 10.0. The lowest BCUT2D eigenvalue weighted by molar-refractivity contribution is -0.132. The van der Waals surface area contributed by atoms with E-state index in [-0.39, 0.29) is 10.6 Å². The standard InChI is InChI=1S/C18H16Cl2N2O3/c19-12-6-7-14(20)13(11-12)17(24)16(18(25)21-8-3-4-9-21)22-10-2-1-5-15(22)23/h1-2,5-7,10-11,16H,3-4,8-9H2. The molecule has 2 heterocycles. The van der Waals surface area contributed by atoms with Crippen molar-refractivity contribution in [3.05, 3.63) is 68.6 Å². The van der Waals surface area contributed by atoms with E-state index < -0.39 is 23.3 Å². The maximum atomic E-state index is 13.1. The fourth-order valence-corrected chi connectivity index (χ4v) is 3.34. The van der Waals surface area contributed by atoms with Gasteiger partial charge >= 0.3 is 0 Å². The number of aromatic nitrogens is 1. The van der Waals surface area contributed by atoms with Crippen LogP contribution in [0, 0.1) is 0 Å². The maximum Gasteiger partial charge on any atom is 0.253 e. The van der Waals surface area contributed by atoms with E-state index in [0.717, 1.165) is 17.4 Å². The average molecular weight is 379 g/mol. The highest BCUT2D eigenvalue weighted by Crippen LogP contribution is 2.26. The number of carbonyl (C=O) groups is 2. The molecule has 1 saturated heterocycles. The number of likely N-dealkylation sites (tertiary alicyclic amines) is 1. The number of hydrogen-bond donors (Lipinski definition) is 0. The van der Waals surface area contributed by atoms with Gasteiger partial charge in [0, 0.05) is 35.9 Å². The summed E-state index contributed by atoms with van der Waals surface area (Å²) in [6.07, 6.45) is 3.21. The SMILES string of the molecule is O=C(c1cc(Cl)ccc1Cl)C(C(=O)N1CCCC1)n1ccccc1=O. The summed E-state index contributed by atoms with van der Waals surface area (Å²) < 4.78 is 1.15. The Morgan fingerprint density at radius 2 is 1.76 bits per heavy atom. The highest BCUT2D eigenvalue weighted by Gasteiger charge is 2.35. The minimum Gasteiger partial charge on any atom is -0.340 e. The van der Waals surface area contributed by atoms with Crippen LogP contribution >= 0.6 is 23.2 Å². The number of pyridine rings is 1. The number of amides is 1. The molecule has 1 aliphatic heterocycles. The van der Waals surface area contributed by atoms with Gasteiger partial charge in [-0.3, -0.25) is 19.0 Å². The number of Topliss-reactive ketones (excluding diaryl/α,β-unsaturated/α-hetero) is 1. The van der Waals surface area contributed by atoms with E-state index >= 15 is 0 Å². The van der Waals surface area contributed by atoms with Gasteiger partial charge in [-0.15, -0.1) is 0 Å². The molecule has 0 saturated carbocycles. The van der Waals surface area contributed by atoms with E-state index in [0.29, 0.717) is 18.1 Å². The minimum atomic E-state index is -1.29. The summed E-state index contributed by atoms with van der Waals surface area (Å²) >= 11 is 12.1. The number of benzene rings is 1. The van der Waals surface area contributed by atoms with Crippen molar-refractivity contribution in [2.45, 2.75) is 18.9 Å². The first kappa shape index (κ1) is 17.7. The molecule has 1 aromatic carbocycles. The fourth-order valence-electron chi connectivity index (χ4n) is 2.95. The van der Waals surface area contributed by atoms with Crippen molar-refractivity contribution in [2.75, 3.05) is 13.1 Å². The Bertz CT molecular complexity index is 873. The second kappa shape index (κ2) is 7.42. The van der Waals surface area contributed by atoms with Crippen molar-refractivity contribution in [2.24, 2.45) is 0 Å². The molecule has 3 rings (SSSR count). The van der Waals surface area contributed by atoms with Crippen LogP contribution in [0.5, 0.6) is 0 Å². The molecule has 1 amide bonds. The van der Waals surface area contributed by atoms with Crippen LogP contribution in [-0.4, -0.2) is 34.2 Å². The summed E-state index contributed by atoms with van der Waals surface area (Å²) in [6.45, 7) is 1.15. The predicted octanol–water partition coefficient (Wildman–Crippen LogP) is 3.20. The van der Waals surface area contributed by atoms with Crippen LogP contribution in [0.3, 0.4) is 0 Å². The molecule has 0 spiro atoms. The smallest absolute Gasteiger partial charge is 0.253 e. The third-order valence-electron chi connectivity index (χ3n) is 4.22. The topological polar surface area (TPSA) is 59.4 Å². The second-order valence-electron chi connectivity index (χ2n) is 5.87. The Labute approximate surface area is 154 Å². The third-order valence-corrected chi connectivity index (χ3v) is 4.79. The summed E-state index contributed by atoms with van der Waals surface area (Å²) in [5.41, 5.74) is -0.297. The van der Waals surface area contributed by atoms with Crippen LogP contribution in [0.4, 0.5) is 0 Å². The Hall–Kier alpha value is -2.11. The van der Waals surface area contributed by atoms with Crippen LogP contribution in [0.1, 0.15) is 29.2 Å². The van der Waals surface area contributed by atoms with Gasteiger partial charge in [0.15, 0.2) is 11.8 Å². The zero-order valence-electron chi connectivity index (χ0n) is 13.3. The number of carbonyl (C=O) groups excluding carboxylic acids is 2. The van der Waals surface area contributed by atoms with Crippen LogP contribution in [-0.2, 0) is 4.79 Å². The lowest BCUT2D eigenvalue weighted by Gasteiger charge is -2.24. The Morgan fingerprint density at radius 3 is 2.44 bits per heavy atom. The second-order valence-corrected chi connectivity index (χ2v) is 6.71. The summed E-state index contributed by atoms with van der Waals surface area (Å²) in [4.78, 5) is 40.0. The van der Waals surface area contributed by atoms with Gasteiger partial charge in [0.2, 0.25) is 0 Å². The van der Waals surface area contributed by atoms with Crippen molar-refractivity contribution in [3.8, 4) is 0 Å². The van der Waals surface area contributed by atoms with E-state index in [4.69, 9.17) is 23.2 Å². The largest absolute Gasteiger partial charge is 0.340 e. The summed E-state index contributed by atoms with van der Waals surface area (Å²) in [5, 5.41) is 0.526. The van der Waals surface area contributed by atoms with Crippen LogP contribution in [0.25, 0.3) is 0 Å². The number of halogens is 2. The molecule has 5 nitrogen and oxygen atoms in total. The highest BCUT2D eigenvalue weighted by atomic mass is 35.5. The average Bonchev–Trinajstić information content (AvgIpc) is 3.13. The molecule has 0 radical (unpaired) electrons. The maximum absolute atomic E-state index is 13.1. The number of rotatable bonds is 4. The van der Waals surface area contributed by atoms with Crippen molar-refractivity contribution in [1.29, 1.82) is 0 Å². The van der Waals surface area contributed by atoms with Crippen LogP contribution in [0.2, 0.25) is 10.0 Å². The number of ketones is 1. The van der Waals surface area contributed by atoms with E-state index in [1.54, 1.807) is 23.1 Å². The van der Waals surface area contributed by atoms with Crippen LogP contribution < -0.4 is 5.56 Å². The first-order valence-electron chi connectivity index (χ1n) is 7.94. The van der Waals surface area contributed by atoms with Gasteiger partial charge < -0.3 is 4.90 Å². The molecule has 1 aromatic heterocycles. The van der Waals surface area contributed by atoms with Gasteiger partial charge in [-0.1, -0.05) is 29.3 Å². The molecular formula is C18H16Cl2N2O3. The first-order valence-corrected chi connectivity index (χ1v) is 8.70. The first-order chi connectivity index (χ1) is 12.0. The zero-order chi connectivity index (χ0) is 18.0. The molecule has 0 aliphatic carbocycles. The monoisotopic (exact) mass is 378 g/mol. The normalized spacial score (nSPS) is 15.2. The molecule has 25 heavy (non-hydrogen) atoms. The molecule has 1 fully saturated rings. The lowest BCUT2D eigenvalue weighted by Crippen LogP contribution is -2.42. The summed E-state index contributed by atoms with van der Waals surface area (Å²) in [6, 6.07) is 7.69. The molecule has 2 aromatic rings. The summed E-state index contributed by atoms with van der Waals surface area (Å²) in [7, 11) is 0. The minimum absolute atomic E-state index is 0.127. The van der Waals surface area contributed by atoms with Gasteiger partial charge in [-0.2, -0.15) is 0 Å². The van der Waals surface area contributed by atoms with Gasteiger partial charge in [-0.25, -0.2) is 0 Å². The number of hydrogen-bond acceptors (Lipinski definition) is 3.